The number of nitro groups is 1. The molecule has 0 radical (unpaired) electrons. The number of aliphatic imine (C=N–C) groups is 1. The van der Waals surface area contributed by atoms with Gasteiger partial charge in [-0.05, 0) is 6.07 Å². The summed E-state index contributed by atoms with van der Waals surface area (Å²) >= 11 is 1.16. The van der Waals surface area contributed by atoms with E-state index >= 15 is 0 Å². The summed E-state index contributed by atoms with van der Waals surface area (Å²) in [6, 6.07) is 13.4. The van der Waals surface area contributed by atoms with Gasteiger partial charge in [0.05, 0.1) is 10.6 Å². The molecule has 122 valence electrons. The van der Waals surface area contributed by atoms with E-state index in [2.05, 4.69) is 20.5 Å². The van der Waals surface area contributed by atoms with Gasteiger partial charge < -0.3 is 5.32 Å². The van der Waals surface area contributed by atoms with Gasteiger partial charge in [0.15, 0.2) is 0 Å². The number of fused-ring (bicyclic) bond motifs is 1. The van der Waals surface area contributed by atoms with Crippen molar-refractivity contribution in [2.75, 3.05) is 5.32 Å². The van der Waals surface area contributed by atoms with E-state index in [1.807, 2.05) is 12.1 Å². The minimum Gasteiger partial charge on any atom is -0.320 e. The molecule has 0 saturated heterocycles. The van der Waals surface area contributed by atoms with E-state index < -0.39 is 4.92 Å². The number of hydrogen-bond acceptors (Lipinski definition) is 7. The molecule has 1 aromatic heterocycles. The summed E-state index contributed by atoms with van der Waals surface area (Å²) in [4.78, 5) is 26.8. The van der Waals surface area contributed by atoms with Crippen LogP contribution in [0.25, 0.3) is 10.6 Å². The Kier molecular flexibility index (Phi) is 3.55. The monoisotopic (exact) mass is 351 g/mol. The number of carbonyl (C=O) groups excluding carboxylic acids is 1. The second-order valence-electron chi connectivity index (χ2n) is 5.16. The highest BCUT2D eigenvalue weighted by Crippen LogP contribution is 2.32. The van der Waals surface area contributed by atoms with Gasteiger partial charge in [-0.1, -0.05) is 41.7 Å². The van der Waals surface area contributed by atoms with Gasteiger partial charge in [-0.15, -0.1) is 10.2 Å². The number of benzene rings is 2. The molecule has 9 heteroatoms. The van der Waals surface area contributed by atoms with Gasteiger partial charge >= 0.3 is 0 Å². The van der Waals surface area contributed by atoms with E-state index in [9.17, 15) is 14.9 Å². The molecule has 0 saturated carbocycles. The van der Waals surface area contributed by atoms with Crippen LogP contribution in [-0.4, -0.2) is 26.7 Å². The van der Waals surface area contributed by atoms with Crippen molar-refractivity contribution in [2.24, 2.45) is 4.99 Å². The van der Waals surface area contributed by atoms with Crippen LogP contribution >= 0.6 is 11.3 Å². The molecule has 0 spiro atoms. The highest BCUT2D eigenvalue weighted by Gasteiger charge is 2.26. The minimum atomic E-state index is -0.467. The highest BCUT2D eigenvalue weighted by molar-refractivity contribution is 7.18. The van der Waals surface area contributed by atoms with Crippen LogP contribution in [0.3, 0.4) is 0 Å². The van der Waals surface area contributed by atoms with Gasteiger partial charge in [0.2, 0.25) is 5.13 Å². The predicted molar refractivity (Wildman–Crippen MR) is 93.3 cm³/mol. The van der Waals surface area contributed by atoms with Crippen molar-refractivity contribution in [3.63, 3.8) is 0 Å². The van der Waals surface area contributed by atoms with Gasteiger partial charge in [0.25, 0.3) is 11.6 Å². The first-order valence-corrected chi connectivity index (χ1v) is 8.01. The van der Waals surface area contributed by atoms with Crippen molar-refractivity contribution < 1.29 is 9.72 Å². The van der Waals surface area contributed by atoms with E-state index in [4.69, 9.17) is 0 Å². The average Bonchev–Trinajstić information content (AvgIpc) is 3.21. The maximum Gasteiger partial charge on any atom is 0.275 e. The van der Waals surface area contributed by atoms with E-state index in [1.54, 1.807) is 24.3 Å². The molecule has 1 amide bonds. The Balaban J connectivity index is 1.70. The fourth-order valence-corrected chi connectivity index (χ4v) is 3.16. The lowest BCUT2D eigenvalue weighted by molar-refractivity contribution is -0.384. The zero-order valence-electron chi connectivity index (χ0n) is 12.5. The van der Waals surface area contributed by atoms with Gasteiger partial charge in [0, 0.05) is 23.3 Å². The Morgan fingerprint density at radius 3 is 2.80 bits per heavy atom. The summed E-state index contributed by atoms with van der Waals surface area (Å²) in [6.07, 6.45) is 0. The van der Waals surface area contributed by atoms with Gasteiger partial charge in [-0.2, -0.15) is 0 Å². The number of aromatic nitrogens is 2. The first-order valence-electron chi connectivity index (χ1n) is 7.19. The number of hydrogen-bond donors (Lipinski definition) is 1. The number of nitro benzene ring substituents is 1. The Morgan fingerprint density at radius 1 is 1.12 bits per heavy atom. The van der Waals surface area contributed by atoms with Gasteiger partial charge in [-0.3, -0.25) is 14.9 Å². The number of nitrogens with zero attached hydrogens (tertiary/aromatic N) is 4. The molecule has 0 fully saturated rings. The normalized spacial score (nSPS) is 14.4. The molecule has 0 bridgehead atoms. The second kappa shape index (κ2) is 5.87. The zero-order chi connectivity index (χ0) is 17.4. The summed E-state index contributed by atoms with van der Waals surface area (Å²) in [5.41, 5.74) is 2.24. The number of anilines is 1. The molecule has 0 aliphatic carbocycles. The van der Waals surface area contributed by atoms with E-state index in [1.165, 1.54) is 12.1 Å². The van der Waals surface area contributed by atoms with Crippen LogP contribution in [0.4, 0.5) is 16.5 Å². The van der Waals surface area contributed by atoms with Crippen molar-refractivity contribution in [3.05, 3.63) is 64.2 Å². The van der Waals surface area contributed by atoms with Crippen LogP contribution in [0, 0.1) is 10.1 Å². The number of amides is 1. The van der Waals surface area contributed by atoms with Crippen molar-refractivity contribution >= 4 is 39.5 Å². The minimum absolute atomic E-state index is 0.0235. The zero-order valence-corrected chi connectivity index (χ0v) is 13.4. The lowest BCUT2D eigenvalue weighted by Crippen LogP contribution is -2.13. The molecule has 4 rings (SSSR count). The van der Waals surface area contributed by atoms with Crippen molar-refractivity contribution in [3.8, 4) is 10.6 Å². The predicted octanol–water partition coefficient (Wildman–Crippen LogP) is 3.19. The summed E-state index contributed by atoms with van der Waals surface area (Å²) in [7, 11) is 0. The molecule has 2 heterocycles. The third-order valence-corrected chi connectivity index (χ3v) is 4.44. The molecule has 0 atom stereocenters. The maximum absolute atomic E-state index is 12.1. The number of carbonyl (C=O) groups is 1. The van der Waals surface area contributed by atoms with Crippen LogP contribution in [0.15, 0.2) is 53.5 Å². The van der Waals surface area contributed by atoms with Gasteiger partial charge in [-0.25, -0.2) is 4.99 Å². The van der Waals surface area contributed by atoms with Crippen LogP contribution < -0.4 is 5.32 Å². The lowest BCUT2D eigenvalue weighted by atomic mass is 10.1. The molecular weight excluding hydrogens is 342 g/mol. The second-order valence-corrected chi connectivity index (χ2v) is 6.11. The van der Waals surface area contributed by atoms with Crippen molar-refractivity contribution in [1.82, 2.24) is 10.2 Å². The first-order chi connectivity index (χ1) is 12.1. The largest absolute Gasteiger partial charge is 0.320 e. The van der Waals surface area contributed by atoms with Crippen molar-refractivity contribution in [1.29, 1.82) is 0 Å². The molecule has 1 N–H and O–H groups in total. The molecule has 1 aliphatic rings. The van der Waals surface area contributed by atoms with E-state index in [0.29, 0.717) is 27.0 Å². The Labute approximate surface area is 145 Å². The third kappa shape index (κ3) is 2.76. The number of nitrogens with one attached hydrogen (secondary N) is 1. The van der Waals surface area contributed by atoms with E-state index in [0.717, 1.165) is 11.3 Å². The number of non-ortho nitro benzene ring substituents is 1. The molecule has 0 unspecified atom stereocenters. The Bertz CT molecular complexity index is 1040. The molecule has 2 aromatic carbocycles. The average molecular weight is 351 g/mol. The van der Waals surface area contributed by atoms with Crippen molar-refractivity contribution in [2.45, 2.75) is 0 Å². The number of rotatable bonds is 3. The van der Waals surface area contributed by atoms with Gasteiger partial charge in [0.1, 0.15) is 10.7 Å². The topological polar surface area (TPSA) is 110 Å². The smallest absolute Gasteiger partial charge is 0.275 e. The maximum atomic E-state index is 12.1. The van der Waals surface area contributed by atoms with E-state index in [-0.39, 0.29) is 17.3 Å². The van der Waals surface area contributed by atoms with Crippen LogP contribution in [-0.2, 0) is 4.79 Å². The summed E-state index contributed by atoms with van der Waals surface area (Å²) in [5, 5.41) is 22.4. The summed E-state index contributed by atoms with van der Waals surface area (Å²) in [5.74, 6) is -0.298. The standard InChI is InChI=1S/C16H9N5O3S/c22-14-13(11-6-1-2-7-12(11)17-14)18-16-20-19-15(25-16)9-4-3-5-10(8-9)21(23)24/h1-8H,(H,17,18,20,22). The molecular formula is C16H9N5O3S. The Hall–Kier alpha value is -3.46. The summed E-state index contributed by atoms with van der Waals surface area (Å²) < 4.78 is 0. The SMILES string of the molecule is O=C1Nc2ccccc2/C1=N\c1nnc(-c2cccc([N+](=O)[O-])c2)s1. The molecule has 25 heavy (non-hydrogen) atoms. The molecule has 8 nitrogen and oxygen atoms in total. The Morgan fingerprint density at radius 2 is 1.96 bits per heavy atom. The fraction of sp³-hybridized carbons (Fsp3) is 0. The van der Waals surface area contributed by atoms with Crippen LogP contribution in [0.5, 0.6) is 0 Å². The lowest BCUT2D eigenvalue weighted by Gasteiger charge is -1.95. The van der Waals surface area contributed by atoms with Crippen LogP contribution in [0.1, 0.15) is 5.56 Å². The fourth-order valence-electron chi connectivity index (χ4n) is 2.44. The number of para-hydroxylation sites is 1. The molecule has 1 aliphatic heterocycles. The highest BCUT2D eigenvalue weighted by atomic mass is 32.1. The third-order valence-electron chi connectivity index (χ3n) is 3.57. The molecule has 3 aromatic rings. The summed E-state index contributed by atoms with van der Waals surface area (Å²) in [6.45, 7) is 0. The van der Waals surface area contributed by atoms with Crippen LogP contribution in [0.2, 0.25) is 0 Å². The first kappa shape index (κ1) is 15.1. The quantitative estimate of drug-likeness (QED) is 0.575.